The van der Waals surface area contributed by atoms with Crippen molar-refractivity contribution in [1.29, 1.82) is 0 Å². The molecule has 3 nitrogen and oxygen atoms in total. The standard InChI is InChI=1S/C63H42N2O/c1-3-13-50-41-52(27-21-43(50)11-1)45-29-35-54(36-30-45)65(55-37-31-46(32-38-55)53-28-22-44-12-2-4-14-51(44)42-53)56-39-33-48(34-40-56)58-16-6-8-18-60(58)59-17-7-5-15-57(59)47-23-25-49(26-24-47)63-64-61-19-9-10-20-62(61)66-63/h1-42H. The van der Waals surface area contributed by atoms with E-state index < -0.39 is 0 Å². The minimum atomic E-state index is 0.624. The SMILES string of the molecule is c1ccc(-c2ccccc2-c2ccc(N(c3ccc(-c4ccc5ccccc5c4)cc3)c3ccc(-c4ccc5ccccc5c4)cc3)cc2)c(-c2ccc(-c3nc4ccccc4o3)cc2)c1. The van der Waals surface area contributed by atoms with Gasteiger partial charge in [0.25, 0.3) is 0 Å². The summed E-state index contributed by atoms with van der Waals surface area (Å²) >= 11 is 0. The van der Waals surface area contributed by atoms with E-state index in [1.165, 1.54) is 60.5 Å². The Balaban J connectivity index is 0.886. The molecular weight excluding hydrogens is 801 g/mol. The molecule has 0 amide bonds. The van der Waals surface area contributed by atoms with Gasteiger partial charge in [0.15, 0.2) is 5.58 Å². The Kier molecular flexibility index (Phi) is 9.85. The number of nitrogens with zero attached hydrogens (tertiary/aromatic N) is 2. The van der Waals surface area contributed by atoms with Gasteiger partial charge in [0, 0.05) is 22.6 Å². The van der Waals surface area contributed by atoms with Crippen LogP contribution in [0.4, 0.5) is 17.1 Å². The fourth-order valence-electron chi connectivity index (χ4n) is 9.31. The van der Waals surface area contributed by atoms with Crippen molar-refractivity contribution in [3.63, 3.8) is 0 Å². The van der Waals surface area contributed by atoms with Crippen molar-refractivity contribution in [2.45, 2.75) is 0 Å². The summed E-state index contributed by atoms with van der Waals surface area (Å²) in [5.41, 5.74) is 17.6. The zero-order valence-corrected chi connectivity index (χ0v) is 36.1. The molecule has 12 aromatic rings. The van der Waals surface area contributed by atoms with Gasteiger partial charge in [0.05, 0.1) is 0 Å². The molecule has 0 bridgehead atoms. The minimum absolute atomic E-state index is 0.624. The second kappa shape index (κ2) is 16.7. The average Bonchev–Trinajstić information content (AvgIpc) is 3.84. The number of fused-ring (bicyclic) bond motifs is 3. The largest absolute Gasteiger partial charge is 0.436 e. The highest BCUT2D eigenvalue weighted by Gasteiger charge is 2.17. The molecular formula is C63H42N2O. The monoisotopic (exact) mass is 842 g/mol. The average molecular weight is 843 g/mol. The van der Waals surface area contributed by atoms with Crippen LogP contribution in [0.25, 0.3) is 99.7 Å². The summed E-state index contributed by atoms with van der Waals surface area (Å²) in [6.45, 7) is 0. The lowest BCUT2D eigenvalue weighted by molar-refractivity contribution is 0.620. The molecule has 0 unspecified atom stereocenters. The fourth-order valence-corrected chi connectivity index (χ4v) is 9.31. The number of oxazole rings is 1. The second-order valence-corrected chi connectivity index (χ2v) is 16.8. The maximum absolute atomic E-state index is 6.08. The zero-order valence-electron chi connectivity index (χ0n) is 36.1. The topological polar surface area (TPSA) is 29.3 Å². The summed E-state index contributed by atoms with van der Waals surface area (Å²) in [7, 11) is 0. The molecule has 3 heteroatoms. The van der Waals surface area contributed by atoms with Crippen molar-refractivity contribution in [1.82, 2.24) is 4.98 Å². The smallest absolute Gasteiger partial charge is 0.227 e. The molecule has 0 saturated heterocycles. The minimum Gasteiger partial charge on any atom is -0.436 e. The van der Waals surface area contributed by atoms with E-state index >= 15 is 0 Å². The number of anilines is 3. The van der Waals surface area contributed by atoms with Gasteiger partial charge >= 0.3 is 0 Å². The number of hydrogen-bond donors (Lipinski definition) is 0. The van der Waals surface area contributed by atoms with Crippen LogP contribution in [0.15, 0.2) is 259 Å². The second-order valence-electron chi connectivity index (χ2n) is 16.8. The van der Waals surface area contributed by atoms with Crippen LogP contribution in [-0.2, 0) is 0 Å². The summed E-state index contributed by atoms with van der Waals surface area (Å²) in [6, 6.07) is 91.2. The van der Waals surface area contributed by atoms with Crippen LogP contribution in [-0.4, -0.2) is 4.98 Å². The van der Waals surface area contributed by atoms with E-state index in [2.05, 4.69) is 235 Å². The molecule has 66 heavy (non-hydrogen) atoms. The molecule has 12 rings (SSSR count). The highest BCUT2D eigenvalue weighted by atomic mass is 16.3. The van der Waals surface area contributed by atoms with Gasteiger partial charge in [-0.1, -0.05) is 182 Å². The van der Waals surface area contributed by atoms with Crippen molar-refractivity contribution >= 4 is 49.7 Å². The van der Waals surface area contributed by atoms with Crippen LogP contribution >= 0.6 is 0 Å². The fraction of sp³-hybridized carbons (Fsp3) is 0. The number of aromatic nitrogens is 1. The van der Waals surface area contributed by atoms with E-state index in [-0.39, 0.29) is 0 Å². The highest BCUT2D eigenvalue weighted by molar-refractivity contribution is 5.93. The summed E-state index contributed by atoms with van der Waals surface area (Å²) < 4.78 is 6.08. The van der Waals surface area contributed by atoms with Crippen LogP contribution in [0, 0.1) is 0 Å². The van der Waals surface area contributed by atoms with Gasteiger partial charge < -0.3 is 9.32 Å². The van der Waals surface area contributed by atoms with Crippen molar-refractivity contribution in [3.8, 4) is 67.1 Å². The summed E-state index contributed by atoms with van der Waals surface area (Å²) in [4.78, 5) is 7.07. The van der Waals surface area contributed by atoms with Gasteiger partial charge in [-0.3, -0.25) is 0 Å². The summed E-state index contributed by atoms with van der Waals surface area (Å²) in [5, 5.41) is 4.97. The third-order valence-electron chi connectivity index (χ3n) is 12.7. The van der Waals surface area contributed by atoms with E-state index in [0.29, 0.717) is 5.89 Å². The Labute approximate surface area is 384 Å². The predicted molar refractivity (Wildman–Crippen MR) is 276 cm³/mol. The van der Waals surface area contributed by atoms with Gasteiger partial charge in [-0.05, 0) is 150 Å². The summed E-state index contributed by atoms with van der Waals surface area (Å²) in [5.74, 6) is 0.624. The van der Waals surface area contributed by atoms with Crippen LogP contribution in [0.3, 0.4) is 0 Å². The lowest BCUT2D eigenvalue weighted by Gasteiger charge is -2.26. The molecule has 1 aromatic heterocycles. The Morgan fingerprint density at radius 2 is 0.636 bits per heavy atom. The molecule has 0 aliphatic heterocycles. The molecule has 0 aliphatic rings. The van der Waals surface area contributed by atoms with Gasteiger partial charge in [-0.2, -0.15) is 0 Å². The first kappa shape index (κ1) is 38.9. The quantitative estimate of drug-likeness (QED) is 0.145. The van der Waals surface area contributed by atoms with Crippen LogP contribution in [0.5, 0.6) is 0 Å². The van der Waals surface area contributed by atoms with Gasteiger partial charge in [0.2, 0.25) is 5.89 Å². The highest BCUT2D eigenvalue weighted by Crippen LogP contribution is 2.42. The van der Waals surface area contributed by atoms with Gasteiger partial charge in [-0.15, -0.1) is 0 Å². The van der Waals surface area contributed by atoms with E-state index in [0.717, 1.165) is 50.4 Å². The Morgan fingerprint density at radius 1 is 0.273 bits per heavy atom. The molecule has 0 radical (unpaired) electrons. The number of benzene rings is 11. The maximum atomic E-state index is 6.08. The van der Waals surface area contributed by atoms with Crippen molar-refractivity contribution in [3.05, 3.63) is 255 Å². The lowest BCUT2D eigenvalue weighted by atomic mass is 9.89. The Morgan fingerprint density at radius 3 is 1.12 bits per heavy atom. The van der Waals surface area contributed by atoms with Gasteiger partial charge in [-0.25, -0.2) is 4.98 Å². The normalized spacial score (nSPS) is 11.3. The molecule has 0 aliphatic carbocycles. The molecule has 0 N–H and O–H groups in total. The molecule has 0 atom stereocenters. The Hall–Kier alpha value is -8.79. The number of hydrogen-bond acceptors (Lipinski definition) is 3. The molecule has 310 valence electrons. The third kappa shape index (κ3) is 7.39. The zero-order chi connectivity index (χ0) is 43.8. The van der Waals surface area contributed by atoms with E-state index in [4.69, 9.17) is 9.40 Å². The van der Waals surface area contributed by atoms with Crippen molar-refractivity contribution in [2.24, 2.45) is 0 Å². The van der Waals surface area contributed by atoms with Crippen LogP contribution in [0.2, 0.25) is 0 Å². The number of para-hydroxylation sites is 2. The first-order valence-electron chi connectivity index (χ1n) is 22.4. The third-order valence-corrected chi connectivity index (χ3v) is 12.7. The van der Waals surface area contributed by atoms with Crippen molar-refractivity contribution < 1.29 is 4.42 Å². The first-order valence-corrected chi connectivity index (χ1v) is 22.4. The van der Waals surface area contributed by atoms with E-state index in [1.54, 1.807) is 0 Å². The number of rotatable bonds is 9. The maximum Gasteiger partial charge on any atom is 0.227 e. The Bertz CT molecular complexity index is 3520. The summed E-state index contributed by atoms with van der Waals surface area (Å²) in [6.07, 6.45) is 0. The molecule has 0 fully saturated rings. The van der Waals surface area contributed by atoms with Crippen LogP contribution < -0.4 is 4.90 Å². The van der Waals surface area contributed by atoms with Crippen molar-refractivity contribution in [2.75, 3.05) is 4.90 Å². The molecule has 0 saturated carbocycles. The van der Waals surface area contributed by atoms with Gasteiger partial charge in [0.1, 0.15) is 5.52 Å². The lowest BCUT2D eigenvalue weighted by Crippen LogP contribution is -2.09. The predicted octanol–water partition coefficient (Wildman–Crippen LogP) is 17.6. The van der Waals surface area contributed by atoms with Crippen LogP contribution in [0.1, 0.15) is 0 Å². The molecule has 11 aromatic carbocycles. The first-order chi connectivity index (χ1) is 32.7. The van der Waals surface area contributed by atoms with E-state index in [1.807, 2.05) is 24.3 Å². The van der Waals surface area contributed by atoms with E-state index in [9.17, 15) is 0 Å². The molecule has 0 spiro atoms. The molecule has 1 heterocycles.